The summed E-state index contributed by atoms with van der Waals surface area (Å²) in [6.07, 6.45) is 0.613. The van der Waals surface area contributed by atoms with Crippen LogP contribution in [0.4, 0.5) is 5.69 Å². The van der Waals surface area contributed by atoms with Crippen molar-refractivity contribution in [3.8, 4) is 17.1 Å². The molecular formula is C19H17NO5S. The van der Waals surface area contributed by atoms with Gasteiger partial charge in [-0.1, -0.05) is 6.07 Å². The van der Waals surface area contributed by atoms with Crippen molar-refractivity contribution in [2.24, 2.45) is 0 Å². The van der Waals surface area contributed by atoms with Crippen molar-refractivity contribution >= 4 is 22.0 Å². The molecule has 0 atom stereocenters. The second kappa shape index (κ2) is 7.05. The maximum Gasteiger partial charge on any atom is 0.262 e. The van der Waals surface area contributed by atoms with E-state index in [1.54, 1.807) is 36.4 Å². The number of ether oxygens (including phenoxy) is 1. The molecule has 134 valence electrons. The van der Waals surface area contributed by atoms with Crippen molar-refractivity contribution in [3.05, 3.63) is 65.9 Å². The average Bonchev–Trinajstić information content (AvgIpc) is 3.11. The Labute approximate surface area is 151 Å². The van der Waals surface area contributed by atoms with E-state index in [9.17, 15) is 13.2 Å². The van der Waals surface area contributed by atoms with Crippen LogP contribution in [0, 0.1) is 6.92 Å². The van der Waals surface area contributed by atoms with Gasteiger partial charge in [-0.15, -0.1) is 0 Å². The number of hydrogen-bond donors (Lipinski definition) is 1. The molecule has 0 aliphatic carbocycles. The Morgan fingerprint density at radius 2 is 1.77 bits per heavy atom. The first kappa shape index (κ1) is 17.8. The molecule has 0 amide bonds. The Morgan fingerprint density at radius 1 is 1.04 bits per heavy atom. The van der Waals surface area contributed by atoms with Crippen LogP contribution < -0.4 is 9.46 Å². The van der Waals surface area contributed by atoms with Crippen LogP contribution >= 0.6 is 0 Å². The van der Waals surface area contributed by atoms with Crippen LogP contribution in [-0.2, 0) is 10.0 Å². The van der Waals surface area contributed by atoms with E-state index in [1.165, 1.54) is 19.2 Å². The van der Waals surface area contributed by atoms with Crippen molar-refractivity contribution in [2.75, 3.05) is 11.8 Å². The summed E-state index contributed by atoms with van der Waals surface area (Å²) in [7, 11) is -2.30. The topological polar surface area (TPSA) is 85.6 Å². The van der Waals surface area contributed by atoms with Crippen LogP contribution in [0.25, 0.3) is 11.3 Å². The number of furan rings is 1. The molecule has 0 radical (unpaired) electrons. The van der Waals surface area contributed by atoms with Gasteiger partial charge in [0.25, 0.3) is 10.0 Å². The molecule has 3 aromatic rings. The van der Waals surface area contributed by atoms with E-state index < -0.39 is 10.0 Å². The molecule has 0 saturated heterocycles. The summed E-state index contributed by atoms with van der Waals surface area (Å²) in [6, 6.07) is 14.6. The quantitative estimate of drug-likeness (QED) is 0.665. The zero-order valence-corrected chi connectivity index (χ0v) is 15.0. The summed E-state index contributed by atoms with van der Waals surface area (Å²) in [5, 5.41) is 0. The third-order valence-electron chi connectivity index (χ3n) is 3.79. The zero-order valence-electron chi connectivity index (χ0n) is 14.2. The molecule has 1 heterocycles. The Bertz CT molecular complexity index is 1040. The highest BCUT2D eigenvalue weighted by molar-refractivity contribution is 7.92. The second-order valence-corrected chi connectivity index (χ2v) is 7.34. The molecule has 26 heavy (non-hydrogen) atoms. The van der Waals surface area contributed by atoms with Gasteiger partial charge >= 0.3 is 0 Å². The molecule has 1 N–H and O–H groups in total. The van der Waals surface area contributed by atoms with Crippen LogP contribution in [0.3, 0.4) is 0 Å². The maximum absolute atomic E-state index is 12.6. The minimum atomic E-state index is -3.78. The monoisotopic (exact) mass is 371 g/mol. The number of rotatable bonds is 6. The third-order valence-corrected chi connectivity index (χ3v) is 5.17. The van der Waals surface area contributed by atoms with E-state index in [0.717, 1.165) is 5.56 Å². The maximum atomic E-state index is 12.6. The smallest absolute Gasteiger partial charge is 0.262 e. The highest BCUT2D eigenvalue weighted by Crippen LogP contribution is 2.29. The fourth-order valence-electron chi connectivity index (χ4n) is 2.47. The van der Waals surface area contributed by atoms with Crippen LogP contribution in [0.15, 0.2) is 63.9 Å². The summed E-state index contributed by atoms with van der Waals surface area (Å²) in [5.41, 5.74) is 1.95. The second-order valence-electron chi connectivity index (χ2n) is 5.65. The number of carbonyl (C=O) groups excluding carboxylic acids is 1. The normalized spacial score (nSPS) is 11.2. The van der Waals surface area contributed by atoms with Crippen LogP contribution in [-0.4, -0.2) is 21.8 Å². The molecule has 0 fully saturated rings. The van der Waals surface area contributed by atoms with Crippen molar-refractivity contribution in [3.63, 3.8) is 0 Å². The number of carbonyl (C=O) groups is 1. The molecule has 1 aromatic heterocycles. The number of hydrogen-bond acceptors (Lipinski definition) is 5. The molecule has 0 saturated carbocycles. The Kier molecular flexibility index (Phi) is 4.81. The fraction of sp³-hybridized carbons (Fsp3) is 0.105. The van der Waals surface area contributed by atoms with Gasteiger partial charge in [-0.25, -0.2) is 8.42 Å². The minimum absolute atomic E-state index is 0.104. The molecular weight excluding hydrogens is 354 g/mol. The lowest BCUT2D eigenvalue weighted by atomic mass is 10.2. The van der Waals surface area contributed by atoms with Crippen LogP contribution in [0.5, 0.6) is 5.75 Å². The lowest BCUT2D eigenvalue weighted by Crippen LogP contribution is -2.13. The van der Waals surface area contributed by atoms with E-state index in [2.05, 4.69) is 4.72 Å². The number of aldehydes is 1. The third kappa shape index (κ3) is 3.62. The van der Waals surface area contributed by atoms with Gasteiger partial charge in [0, 0.05) is 5.56 Å². The van der Waals surface area contributed by atoms with Crippen molar-refractivity contribution in [2.45, 2.75) is 11.8 Å². The fourth-order valence-corrected chi connectivity index (χ4v) is 3.54. The SMILES string of the molecule is COc1ccc(C)cc1NS(=O)(=O)c1ccc(-c2ccc(C=O)o2)cc1. The van der Waals surface area contributed by atoms with Crippen molar-refractivity contribution in [1.82, 2.24) is 0 Å². The van der Waals surface area contributed by atoms with Gasteiger partial charge in [0.2, 0.25) is 0 Å². The number of anilines is 1. The summed E-state index contributed by atoms with van der Waals surface area (Å²) in [5.74, 6) is 1.14. The van der Waals surface area contributed by atoms with Crippen molar-refractivity contribution in [1.29, 1.82) is 0 Å². The van der Waals surface area contributed by atoms with Gasteiger partial charge in [-0.2, -0.15) is 0 Å². The predicted octanol–water partition coefficient (Wildman–Crippen LogP) is 3.88. The molecule has 6 nitrogen and oxygen atoms in total. The molecule has 0 unspecified atom stereocenters. The van der Waals surface area contributed by atoms with E-state index in [-0.39, 0.29) is 10.7 Å². The molecule has 2 aromatic carbocycles. The summed E-state index contributed by atoms with van der Waals surface area (Å²) in [4.78, 5) is 10.8. The number of nitrogens with one attached hydrogen (secondary N) is 1. The van der Waals surface area contributed by atoms with Crippen molar-refractivity contribution < 1.29 is 22.4 Å². The van der Waals surface area contributed by atoms with Crippen LogP contribution in [0.1, 0.15) is 16.1 Å². The molecule has 0 bridgehead atoms. The summed E-state index contributed by atoms with van der Waals surface area (Å²) in [6.45, 7) is 1.86. The van der Waals surface area contributed by atoms with E-state index in [4.69, 9.17) is 9.15 Å². The van der Waals surface area contributed by atoms with E-state index in [1.807, 2.05) is 13.0 Å². The largest absolute Gasteiger partial charge is 0.495 e. The first-order chi connectivity index (χ1) is 12.4. The Hall–Kier alpha value is -3.06. The number of sulfonamides is 1. The molecule has 3 rings (SSSR count). The lowest BCUT2D eigenvalue weighted by molar-refractivity contribution is 0.110. The van der Waals surface area contributed by atoms with Gasteiger partial charge in [-0.3, -0.25) is 9.52 Å². The number of methoxy groups -OCH3 is 1. The summed E-state index contributed by atoms with van der Waals surface area (Å²) < 4.78 is 38.4. The molecule has 0 spiro atoms. The molecule has 0 aliphatic heterocycles. The number of benzene rings is 2. The van der Waals surface area contributed by atoms with E-state index in [0.29, 0.717) is 29.0 Å². The zero-order chi connectivity index (χ0) is 18.7. The predicted molar refractivity (Wildman–Crippen MR) is 98.1 cm³/mol. The van der Waals surface area contributed by atoms with Crippen LogP contribution in [0.2, 0.25) is 0 Å². The summed E-state index contributed by atoms with van der Waals surface area (Å²) >= 11 is 0. The Morgan fingerprint density at radius 3 is 2.38 bits per heavy atom. The molecule has 0 aliphatic rings. The lowest BCUT2D eigenvalue weighted by Gasteiger charge is -2.12. The molecule has 7 heteroatoms. The highest BCUT2D eigenvalue weighted by atomic mass is 32.2. The number of aryl methyl sites for hydroxylation is 1. The highest BCUT2D eigenvalue weighted by Gasteiger charge is 2.17. The van der Waals surface area contributed by atoms with Gasteiger partial charge in [0.05, 0.1) is 17.7 Å². The van der Waals surface area contributed by atoms with E-state index >= 15 is 0 Å². The van der Waals surface area contributed by atoms with Gasteiger partial charge < -0.3 is 9.15 Å². The minimum Gasteiger partial charge on any atom is -0.495 e. The standard InChI is InChI=1S/C19H17NO5S/c1-13-3-9-19(24-2)17(11-13)20-26(22,23)16-7-4-14(5-8-16)18-10-6-15(12-21)25-18/h3-12,20H,1-2H3. The van der Waals surface area contributed by atoms with Gasteiger partial charge in [0.15, 0.2) is 12.0 Å². The first-order valence-electron chi connectivity index (χ1n) is 7.76. The Balaban J connectivity index is 1.88. The van der Waals surface area contributed by atoms with Gasteiger partial charge in [-0.05, 0) is 61.0 Å². The first-order valence-corrected chi connectivity index (χ1v) is 9.24. The van der Waals surface area contributed by atoms with Gasteiger partial charge in [0.1, 0.15) is 11.5 Å². The average molecular weight is 371 g/mol.